The molecule has 150 valence electrons. The summed E-state index contributed by atoms with van der Waals surface area (Å²) in [6.07, 6.45) is 4.74. The number of aryl methyl sites for hydroxylation is 1. The Bertz CT molecular complexity index is 863. The van der Waals surface area contributed by atoms with Gasteiger partial charge in [-0.2, -0.15) is 5.10 Å². The molecule has 0 aliphatic carbocycles. The Morgan fingerprint density at radius 1 is 1.14 bits per heavy atom. The van der Waals surface area contributed by atoms with E-state index in [4.69, 9.17) is 4.74 Å². The third-order valence-electron chi connectivity index (χ3n) is 6.21. The fourth-order valence-corrected chi connectivity index (χ4v) is 4.89. The molecule has 0 radical (unpaired) electrons. The van der Waals surface area contributed by atoms with Crippen molar-refractivity contribution in [2.24, 2.45) is 0 Å². The minimum Gasteiger partial charge on any atom is -0.497 e. The van der Waals surface area contributed by atoms with Crippen molar-refractivity contribution in [3.63, 3.8) is 0 Å². The average Bonchev–Trinajstić information content (AvgIpc) is 2.66. The summed E-state index contributed by atoms with van der Waals surface area (Å²) in [5.41, 5.74) is 1.03. The number of nitrogens with zero attached hydrogens (tertiary/aromatic N) is 3. The molecular weight excluding hydrogens is 354 g/mol. The number of aliphatic hydroxyl groups is 1. The number of fused-ring (bicyclic) bond motifs is 2. The highest BCUT2D eigenvalue weighted by atomic mass is 16.5. The molecule has 0 saturated carbocycles. The highest BCUT2D eigenvalue weighted by Crippen LogP contribution is 2.40. The van der Waals surface area contributed by atoms with E-state index in [-0.39, 0.29) is 12.1 Å². The van der Waals surface area contributed by atoms with Gasteiger partial charge >= 0.3 is 0 Å². The molecule has 2 aliphatic heterocycles. The molecule has 1 aromatic heterocycles. The van der Waals surface area contributed by atoms with Crippen LogP contribution >= 0.6 is 0 Å². The second-order valence-electron chi connectivity index (χ2n) is 8.36. The first kappa shape index (κ1) is 19.2. The highest BCUT2D eigenvalue weighted by molar-refractivity contribution is 5.27. The number of piperidine rings is 2. The van der Waals surface area contributed by atoms with Crippen LogP contribution in [0.2, 0.25) is 0 Å². The van der Waals surface area contributed by atoms with Crippen molar-refractivity contribution in [2.45, 2.75) is 69.8 Å². The van der Waals surface area contributed by atoms with Crippen LogP contribution in [0.1, 0.15) is 43.4 Å². The number of benzene rings is 1. The molecule has 2 aliphatic rings. The molecule has 1 N–H and O–H groups in total. The molecule has 0 amide bonds. The van der Waals surface area contributed by atoms with Crippen molar-refractivity contribution in [3.8, 4) is 5.75 Å². The van der Waals surface area contributed by atoms with Gasteiger partial charge in [-0.05, 0) is 56.4 Å². The maximum atomic E-state index is 12.2. The summed E-state index contributed by atoms with van der Waals surface area (Å²) in [6, 6.07) is 12.2. The fourth-order valence-electron chi connectivity index (χ4n) is 4.89. The molecular formula is C22H29N3O3. The summed E-state index contributed by atoms with van der Waals surface area (Å²) in [7, 11) is 1.68. The normalized spacial score (nSPS) is 27.5. The minimum absolute atomic E-state index is 0.148. The van der Waals surface area contributed by atoms with Crippen LogP contribution in [0.3, 0.4) is 0 Å². The van der Waals surface area contributed by atoms with Gasteiger partial charge in [0, 0.05) is 24.7 Å². The van der Waals surface area contributed by atoms with Crippen LogP contribution in [-0.2, 0) is 13.1 Å². The Morgan fingerprint density at radius 2 is 1.82 bits per heavy atom. The molecule has 2 bridgehead atoms. The maximum absolute atomic E-state index is 12.2. The van der Waals surface area contributed by atoms with Gasteiger partial charge in [-0.1, -0.05) is 18.6 Å². The smallest absolute Gasteiger partial charge is 0.266 e. The minimum atomic E-state index is -0.878. The van der Waals surface area contributed by atoms with Gasteiger partial charge in [0.25, 0.3) is 5.56 Å². The van der Waals surface area contributed by atoms with Crippen molar-refractivity contribution in [1.29, 1.82) is 0 Å². The lowest BCUT2D eigenvalue weighted by Gasteiger charge is -2.52. The van der Waals surface area contributed by atoms with Gasteiger partial charge in [0.15, 0.2) is 0 Å². The zero-order chi connectivity index (χ0) is 19.7. The lowest BCUT2D eigenvalue weighted by molar-refractivity contribution is -0.105. The quantitative estimate of drug-likeness (QED) is 0.859. The van der Waals surface area contributed by atoms with E-state index < -0.39 is 5.60 Å². The van der Waals surface area contributed by atoms with Gasteiger partial charge in [0.2, 0.25) is 0 Å². The molecule has 0 spiro atoms. The number of hydrogen-bond acceptors (Lipinski definition) is 5. The van der Waals surface area contributed by atoms with Crippen LogP contribution in [0.5, 0.6) is 5.75 Å². The first-order chi connectivity index (χ1) is 13.5. The van der Waals surface area contributed by atoms with Crippen LogP contribution in [0.4, 0.5) is 0 Å². The van der Waals surface area contributed by atoms with Crippen molar-refractivity contribution < 1.29 is 9.84 Å². The monoisotopic (exact) mass is 383 g/mol. The molecule has 6 nitrogen and oxygen atoms in total. The third-order valence-corrected chi connectivity index (χ3v) is 6.21. The Balaban J connectivity index is 1.50. The molecule has 3 heterocycles. The third kappa shape index (κ3) is 3.98. The van der Waals surface area contributed by atoms with E-state index in [1.165, 1.54) is 22.7 Å². The van der Waals surface area contributed by atoms with E-state index in [2.05, 4.69) is 22.1 Å². The molecule has 2 saturated heterocycles. The SMILES string of the molecule is COc1ccc(CN2C3CCCC2CC(O)(Cn2nc(C)ccc2=O)C3)cc1. The second kappa shape index (κ2) is 7.68. The Morgan fingerprint density at radius 3 is 2.46 bits per heavy atom. The lowest BCUT2D eigenvalue weighted by Crippen LogP contribution is -2.59. The van der Waals surface area contributed by atoms with E-state index in [0.29, 0.717) is 24.9 Å². The topological polar surface area (TPSA) is 67.6 Å². The molecule has 6 heteroatoms. The van der Waals surface area contributed by atoms with Crippen LogP contribution in [0.15, 0.2) is 41.2 Å². The van der Waals surface area contributed by atoms with Crippen LogP contribution in [-0.4, -0.2) is 44.6 Å². The number of aromatic nitrogens is 2. The molecule has 4 rings (SSSR count). The average molecular weight is 383 g/mol. The molecule has 2 unspecified atom stereocenters. The van der Waals surface area contributed by atoms with Crippen molar-refractivity contribution in [2.75, 3.05) is 7.11 Å². The standard InChI is InChI=1S/C22H29N3O3/c1-16-6-11-21(26)25(23-16)15-22(27)12-18-4-3-5-19(13-22)24(18)14-17-7-9-20(28-2)10-8-17/h6-11,18-19,27H,3-5,12-15H2,1-2H3. The Kier molecular flexibility index (Phi) is 5.25. The number of hydrogen-bond donors (Lipinski definition) is 1. The summed E-state index contributed by atoms with van der Waals surface area (Å²) < 4.78 is 6.69. The summed E-state index contributed by atoms with van der Waals surface area (Å²) in [6.45, 7) is 3.03. The summed E-state index contributed by atoms with van der Waals surface area (Å²) >= 11 is 0. The molecule has 2 atom stereocenters. The van der Waals surface area contributed by atoms with Crippen molar-refractivity contribution in [3.05, 3.63) is 58.0 Å². The van der Waals surface area contributed by atoms with Gasteiger partial charge in [0.1, 0.15) is 5.75 Å². The van der Waals surface area contributed by atoms with E-state index in [0.717, 1.165) is 30.8 Å². The van der Waals surface area contributed by atoms with Crippen molar-refractivity contribution in [1.82, 2.24) is 14.7 Å². The zero-order valence-corrected chi connectivity index (χ0v) is 16.7. The van der Waals surface area contributed by atoms with E-state index in [9.17, 15) is 9.90 Å². The molecule has 2 aromatic rings. The second-order valence-corrected chi connectivity index (χ2v) is 8.36. The van der Waals surface area contributed by atoms with Gasteiger partial charge in [-0.15, -0.1) is 0 Å². The summed E-state index contributed by atoms with van der Waals surface area (Å²) in [5, 5.41) is 15.7. The summed E-state index contributed by atoms with van der Waals surface area (Å²) in [5.74, 6) is 0.869. The lowest BCUT2D eigenvalue weighted by atomic mass is 9.75. The molecule has 28 heavy (non-hydrogen) atoms. The van der Waals surface area contributed by atoms with Crippen molar-refractivity contribution >= 4 is 0 Å². The maximum Gasteiger partial charge on any atom is 0.266 e. The first-order valence-corrected chi connectivity index (χ1v) is 10.1. The van der Waals surface area contributed by atoms with Gasteiger partial charge in [0.05, 0.1) is 24.9 Å². The summed E-state index contributed by atoms with van der Waals surface area (Å²) in [4.78, 5) is 14.7. The molecule has 1 aromatic carbocycles. The zero-order valence-electron chi connectivity index (χ0n) is 16.7. The van der Waals surface area contributed by atoms with E-state index >= 15 is 0 Å². The predicted octanol–water partition coefficient (Wildman–Crippen LogP) is 2.51. The molecule has 2 fully saturated rings. The highest BCUT2D eigenvalue weighted by Gasteiger charge is 2.45. The van der Waals surface area contributed by atoms with Crippen LogP contribution in [0, 0.1) is 6.92 Å². The predicted molar refractivity (Wildman–Crippen MR) is 107 cm³/mol. The van der Waals surface area contributed by atoms with Gasteiger partial charge in [-0.3, -0.25) is 9.69 Å². The first-order valence-electron chi connectivity index (χ1n) is 10.1. The van der Waals surface area contributed by atoms with Gasteiger partial charge in [-0.25, -0.2) is 4.68 Å². The number of ether oxygens (including phenoxy) is 1. The Hall–Kier alpha value is -2.18. The largest absolute Gasteiger partial charge is 0.497 e. The van der Waals surface area contributed by atoms with E-state index in [1.54, 1.807) is 13.2 Å². The number of methoxy groups -OCH3 is 1. The fraction of sp³-hybridized carbons (Fsp3) is 0.545. The van der Waals surface area contributed by atoms with Crippen LogP contribution in [0.25, 0.3) is 0 Å². The Labute approximate surface area is 165 Å². The number of rotatable bonds is 5. The van der Waals surface area contributed by atoms with Gasteiger partial charge < -0.3 is 9.84 Å². The van der Waals surface area contributed by atoms with Crippen LogP contribution < -0.4 is 10.3 Å². The van der Waals surface area contributed by atoms with E-state index in [1.807, 2.05) is 19.1 Å².